The number of aliphatic imine (C=N–C) groups is 2. The highest BCUT2D eigenvalue weighted by Crippen LogP contribution is 2.46. The molecule has 2 heterocycles. The Morgan fingerprint density at radius 1 is 1.41 bits per heavy atom. The molecule has 0 radical (unpaired) electrons. The average Bonchev–Trinajstić information content (AvgIpc) is 2.83. The molecule has 4 atom stereocenters. The van der Waals surface area contributed by atoms with Gasteiger partial charge in [-0.25, -0.2) is 28.2 Å². The van der Waals surface area contributed by atoms with Gasteiger partial charge in [-0.3, -0.25) is 14.6 Å². The molecule has 0 bridgehead atoms. The number of allylic oxidation sites excluding steroid dienone is 3. The van der Waals surface area contributed by atoms with E-state index in [1.807, 2.05) is 22.6 Å². The number of carbonyl (C=O) groups excluding carboxylic acids is 2. The van der Waals surface area contributed by atoms with Crippen molar-refractivity contribution in [3.05, 3.63) is 45.7 Å². The molecule has 0 aromatic carbocycles. The number of hydrogen-bond donors (Lipinski definition) is 2. The summed E-state index contributed by atoms with van der Waals surface area (Å²) in [5.74, 6) is -3.89. The Kier molecular flexibility index (Phi) is 8.38. The molecule has 2 aliphatic carbocycles. The largest absolute Gasteiger partial charge is 0.390 e. The molecular formula is C25H29F3IN5O3. The van der Waals surface area contributed by atoms with Crippen LogP contribution in [0.25, 0.3) is 0 Å². The smallest absolute Gasteiger partial charge is 0.252 e. The van der Waals surface area contributed by atoms with Crippen LogP contribution in [0.5, 0.6) is 0 Å². The Morgan fingerprint density at radius 3 is 2.70 bits per heavy atom. The van der Waals surface area contributed by atoms with E-state index in [0.717, 1.165) is 18.3 Å². The highest BCUT2D eigenvalue weighted by atomic mass is 127. The predicted molar refractivity (Wildman–Crippen MR) is 142 cm³/mol. The van der Waals surface area contributed by atoms with Gasteiger partial charge in [-0.1, -0.05) is 41.3 Å². The van der Waals surface area contributed by atoms with E-state index in [0.29, 0.717) is 12.8 Å². The molecule has 3 unspecified atom stereocenters. The van der Waals surface area contributed by atoms with E-state index in [2.05, 4.69) is 21.9 Å². The maximum atomic E-state index is 13.9. The molecule has 12 heteroatoms. The number of hydrogen-bond acceptors (Lipinski definition) is 6. The SMILES string of the molecule is C=C/C(=C/I)CN1C(=O)[C@@H](C(=O)NC2=C(C3=NC=NC(F)C3)CC(C(F)F)C=C2)C(O)C2(CCC2)N1C. The minimum Gasteiger partial charge on any atom is -0.390 e. The molecule has 37 heavy (non-hydrogen) atoms. The summed E-state index contributed by atoms with van der Waals surface area (Å²) < 4.78 is 42.7. The number of aliphatic hydroxyl groups excluding tert-OH is 1. The first-order valence-electron chi connectivity index (χ1n) is 12.0. The topological polar surface area (TPSA) is 97.6 Å². The van der Waals surface area contributed by atoms with Crippen LogP contribution in [0.4, 0.5) is 13.2 Å². The average molecular weight is 631 g/mol. The number of amides is 2. The zero-order valence-electron chi connectivity index (χ0n) is 20.3. The van der Waals surface area contributed by atoms with Gasteiger partial charge in [-0.05, 0) is 47.0 Å². The van der Waals surface area contributed by atoms with E-state index >= 15 is 0 Å². The van der Waals surface area contributed by atoms with Crippen molar-refractivity contribution in [2.24, 2.45) is 21.8 Å². The summed E-state index contributed by atoms with van der Waals surface area (Å²) in [5.41, 5.74) is 0.626. The van der Waals surface area contributed by atoms with Crippen molar-refractivity contribution in [3.63, 3.8) is 0 Å². The van der Waals surface area contributed by atoms with Gasteiger partial charge in [0, 0.05) is 25.1 Å². The number of halogens is 4. The van der Waals surface area contributed by atoms with Gasteiger partial charge in [0.1, 0.15) is 12.3 Å². The lowest BCUT2D eigenvalue weighted by Crippen LogP contribution is -2.75. The van der Waals surface area contributed by atoms with Crippen LogP contribution in [0.2, 0.25) is 0 Å². The molecule has 8 nitrogen and oxygen atoms in total. The fourth-order valence-electron chi connectivity index (χ4n) is 5.25. The number of likely N-dealkylation sites (N-methyl/N-ethyl adjacent to an activating group) is 1. The van der Waals surface area contributed by atoms with Crippen molar-refractivity contribution in [3.8, 4) is 0 Å². The summed E-state index contributed by atoms with van der Waals surface area (Å²) in [6.45, 7) is 3.95. The van der Waals surface area contributed by atoms with Gasteiger partial charge in [-0.15, -0.1) is 0 Å². The van der Waals surface area contributed by atoms with E-state index < -0.39 is 48.0 Å². The number of rotatable bonds is 7. The Bertz CT molecular complexity index is 1110. The summed E-state index contributed by atoms with van der Waals surface area (Å²) >= 11 is 2.05. The number of alkyl halides is 3. The number of nitrogens with zero attached hydrogens (tertiary/aromatic N) is 4. The fourth-order valence-corrected chi connectivity index (χ4v) is 5.70. The van der Waals surface area contributed by atoms with Crippen LogP contribution in [-0.2, 0) is 9.59 Å². The van der Waals surface area contributed by atoms with E-state index in [1.165, 1.54) is 17.2 Å². The maximum absolute atomic E-state index is 13.9. The van der Waals surface area contributed by atoms with Crippen molar-refractivity contribution < 1.29 is 27.9 Å². The Labute approximate surface area is 226 Å². The zero-order chi connectivity index (χ0) is 26.9. The molecule has 1 saturated carbocycles. The second kappa shape index (κ2) is 11.2. The predicted octanol–water partition coefficient (Wildman–Crippen LogP) is 3.46. The minimum atomic E-state index is -2.66. The lowest BCUT2D eigenvalue weighted by Gasteiger charge is -2.59. The van der Waals surface area contributed by atoms with Crippen molar-refractivity contribution in [1.82, 2.24) is 15.3 Å². The lowest BCUT2D eigenvalue weighted by molar-refractivity contribution is -0.222. The molecule has 4 rings (SSSR count). The number of nitrogens with one attached hydrogen (secondary N) is 1. The Balaban J connectivity index is 1.66. The molecule has 2 fully saturated rings. The molecule has 1 spiro atoms. The Morgan fingerprint density at radius 2 is 2.14 bits per heavy atom. The molecule has 0 aromatic heterocycles. The minimum absolute atomic E-state index is 0.160. The van der Waals surface area contributed by atoms with E-state index in [1.54, 1.807) is 22.2 Å². The maximum Gasteiger partial charge on any atom is 0.252 e. The van der Waals surface area contributed by atoms with Crippen molar-refractivity contribution in [2.45, 2.75) is 56.5 Å². The molecule has 1 saturated heterocycles. The third-order valence-electron chi connectivity index (χ3n) is 7.64. The number of aliphatic hydroxyl groups is 1. The zero-order valence-corrected chi connectivity index (χ0v) is 22.4. The van der Waals surface area contributed by atoms with Gasteiger partial charge in [0.25, 0.3) is 5.91 Å². The lowest BCUT2D eigenvalue weighted by atomic mass is 9.67. The fraction of sp³-hybridized carbons (Fsp3) is 0.520. The van der Waals surface area contributed by atoms with Gasteiger partial charge >= 0.3 is 0 Å². The van der Waals surface area contributed by atoms with Crippen LogP contribution in [-0.4, -0.2) is 76.9 Å². The molecule has 2 N–H and O–H groups in total. The van der Waals surface area contributed by atoms with Crippen LogP contribution in [0.1, 0.15) is 32.1 Å². The van der Waals surface area contributed by atoms with Crippen LogP contribution >= 0.6 is 22.6 Å². The quantitative estimate of drug-likeness (QED) is 0.195. The molecule has 4 aliphatic rings. The van der Waals surface area contributed by atoms with E-state index in [9.17, 15) is 27.9 Å². The standard InChI is InChI=1S/C25H29F3IN5O3/c1-3-14(11-29)12-34-24(37)20(21(35)25(33(34)2)7-4-8-25)23(36)32-17-6-5-15(22(27)28)9-16(17)18-10-19(26)31-13-30-18/h3,5-6,11,13,15,19-22,35H,1,4,7-10,12H2,2H3,(H,32,36)/b14-11-/t15?,19?,20-,21?/m1/s1. The summed E-state index contributed by atoms with van der Waals surface area (Å²) in [6, 6.07) is 0. The third-order valence-corrected chi connectivity index (χ3v) is 8.44. The third kappa shape index (κ3) is 5.19. The normalized spacial score (nSPS) is 30.0. The second-order valence-electron chi connectivity index (χ2n) is 9.61. The van der Waals surface area contributed by atoms with Crippen molar-refractivity contribution >= 4 is 46.5 Å². The van der Waals surface area contributed by atoms with Crippen LogP contribution < -0.4 is 5.32 Å². The number of carbonyl (C=O) groups is 2. The van der Waals surface area contributed by atoms with Crippen molar-refractivity contribution in [1.29, 1.82) is 0 Å². The highest BCUT2D eigenvalue weighted by molar-refractivity contribution is 14.1. The van der Waals surface area contributed by atoms with Crippen LogP contribution in [0.3, 0.4) is 0 Å². The highest BCUT2D eigenvalue weighted by Gasteiger charge is 2.60. The second-order valence-corrected chi connectivity index (χ2v) is 10.2. The molecule has 200 valence electrons. The molecule has 2 aliphatic heterocycles. The van der Waals surface area contributed by atoms with Gasteiger partial charge in [0.05, 0.1) is 23.9 Å². The first kappa shape index (κ1) is 27.7. The molecule has 2 amide bonds. The summed E-state index contributed by atoms with van der Waals surface area (Å²) in [6.07, 6.45) is 1.46. The van der Waals surface area contributed by atoms with E-state index in [4.69, 9.17) is 0 Å². The molecular weight excluding hydrogens is 602 g/mol. The first-order valence-corrected chi connectivity index (χ1v) is 13.3. The van der Waals surface area contributed by atoms with Crippen LogP contribution in [0, 0.1) is 11.8 Å². The summed E-state index contributed by atoms with van der Waals surface area (Å²) in [4.78, 5) is 34.7. The monoisotopic (exact) mass is 631 g/mol. The Hall–Kier alpha value is -2.32. The van der Waals surface area contributed by atoms with Gasteiger partial charge in [0.2, 0.25) is 12.3 Å². The van der Waals surface area contributed by atoms with Gasteiger partial charge in [0.15, 0.2) is 6.30 Å². The summed E-state index contributed by atoms with van der Waals surface area (Å²) in [7, 11) is 1.73. The number of hydrazine groups is 1. The van der Waals surface area contributed by atoms with Crippen molar-refractivity contribution in [2.75, 3.05) is 13.6 Å². The first-order chi connectivity index (χ1) is 17.6. The van der Waals surface area contributed by atoms with Crippen LogP contribution in [0.15, 0.2) is 55.7 Å². The summed E-state index contributed by atoms with van der Waals surface area (Å²) in [5, 5.41) is 17.2. The van der Waals surface area contributed by atoms with E-state index in [-0.39, 0.29) is 36.4 Å². The molecule has 0 aromatic rings. The van der Waals surface area contributed by atoms with Gasteiger partial charge in [-0.2, -0.15) is 0 Å². The van der Waals surface area contributed by atoms with Gasteiger partial charge < -0.3 is 10.4 Å².